The summed E-state index contributed by atoms with van der Waals surface area (Å²) in [7, 11) is 0. The van der Waals surface area contributed by atoms with Gasteiger partial charge in [-0.25, -0.2) is 0 Å². The van der Waals surface area contributed by atoms with Crippen molar-refractivity contribution in [3.05, 3.63) is 36.5 Å². The van der Waals surface area contributed by atoms with Gasteiger partial charge in [-0.2, -0.15) is 0 Å². The Kier molecular flexibility index (Phi) is 2.68. The van der Waals surface area contributed by atoms with Gasteiger partial charge in [-0.3, -0.25) is 4.79 Å². The number of rotatable bonds is 2. The normalized spacial score (nSPS) is 26.5. The molecule has 0 aromatic rings. The smallest absolute Gasteiger partial charge is 0.305 e. The minimum atomic E-state index is -1.47. The third-order valence-corrected chi connectivity index (χ3v) is 1.72. The minimum absolute atomic E-state index is 0.268. The molecule has 0 heterocycles. The first-order valence-corrected chi connectivity index (χ1v) is 3.99. The highest BCUT2D eigenvalue weighted by molar-refractivity contribution is 5.66. The lowest BCUT2D eigenvalue weighted by atomic mass is 10.0. The molecular formula is C10H12O3. The van der Waals surface area contributed by atoms with Crippen LogP contribution in [0, 0.1) is 0 Å². The van der Waals surface area contributed by atoms with Gasteiger partial charge in [0.1, 0.15) is 0 Å². The zero-order valence-electron chi connectivity index (χ0n) is 7.49. The number of aliphatic hydroxyl groups is 1. The number of allylic oxidation sites excluding steroid dienone is 3. The zero-order chi connectivity index (χ0) is 9.90. The molecular weight excluding hydrogens is 168 g/mol. The number of carbonyl (C=O) groups is 1. The summed E-state index contributed by atoms with van der Waals surface area (Å²) in [5.41, 5.74) is 0.914. The van der Waals surface area contributed by atoms with Crippen molar-refractivity contribution >= 4 is 5.97 Å². The zero-order valence-corrected chi connectivity index (χ0v) is 7.49. The molecule has 1 atom stereocenters. The van der Waals surface area contributed by atoms with Crippen molar-refractivity contribution in [1.82, 2.24) is 0 Å². The molecule has 0 saturated carbocycles. The monoisotopic (exact) mass is 180 g/mol. The van der Waals surface area contributed by atoms with Gasteiger partial charge in [0.15, 0.2) is 0 Å². The molecule has 1 N–H and O–H groups in total. The first-order chi connectivity index (χ1) is 6.06. The first-order valence-electron chi connectivity index (χ1n) is 3.99. The van der Waals surface area contributed by atoms with Gasteiger partial charge in [0, 0.05) is 13.3 Å². The molecule has 0 bridgehead atoms. The summed E-state index contributed by atoms with van der Waals surface area (Å²) in [6, 6.07) is 0. The van der Waals surface area contributed by atoms with Crippen LogP contribution in [-0.4, -0.2) is 16.9 Å². The van der Waals surface area contributed by atoms with E-state index in [0.29, 0.717) is 0 Å². The molecule has 1 rings (SSSR count). The lowest BCUT2D eigenvalue weighted by Gasteiger charge is -2.25. The van der Waals surface area contributed by atoms with Crippen molar-refractivity contribution in [1.29, 1.82) is 0 Å². The van der Waals surface area contributed by atoms with Crippen LogP contribution < -0.4 is 0 Å². The van der Waals surface area contributed by atoms with Gasteiger partial charge in [0.05, 0.1) is 0 Å². The Balaban J connectivity index is 2.68. The van der Waals surface area contributed by atoms with Crippen LogP contribution in [0.3, 0.4) is 0 Å². The Morgan fingerprint density at radius 3 is 2.92 bits per heavy atom. The van der Waals surface area contributed by atoms with Gasteiger partial charge in [0.2, 0.25) is 5.79 Å². The van der Waals surface area contributed by atoms with E-state index in [1.165, 1.54) is 13.0 Å². The van der Waals surface area contributed by atoms with Crippen LogP contribution in [0.4, 0.5) is 0 Å². The van der Waals surface area contributed by atoms with E-state index in [2.05, 4.69) is 6.58 Å². The fraction of sp³-hybridized carbons (Fsp3) is 0.300. The van der Waals surface area contributed by atoms with Crippen molar-refractivity contribution in [2.75, 3.05) is 0 Å². The molecule has 0 aliphatic heterocycles. The predicted octanol–water partition coefficient (Wildman–Crippen LogP) is 1.31. The standard InChI is InChI=1S/C10H12O3/c1-3-9-4-6-10(12,7-5-9)13-8(2)11/h3-6,12H,1,7H2,2H3/t10-/m0/s1. The average Bonchev–Trinajstić information content (AvgIpc) is 2.04. The molecule has 0 unspecified atom stereocenters. The van der Waals surface area contributed by atoms with Gasteiger partial charge >= 0.3 is 5.97 Å². The molecule has 3 heteroatoms. The molecule has 70 valence electrons. The number of hydrogen-bond acceptors (Lipinski definition) is 3. The third-order valence-electron chi connectivity index (χ3n) is 1.72. The largest absolute Gasteiger partial charge is 0.429 e. The fourth-order valence-corrected chi connectivity index (χ4v) is 1.10. The Morgan fingerprint density at radius 2 is 2.54 bits per heavy atom. The summed E-state index contributed by atoms with van der Waals surface area (Å²) < 4.78 is 4.72. The molecule has 0 spiro atoms. The first kappa shape index (κ1) is 9.74. The number of carbonyl (C=O) groups excluding carboxylic acids is 1. The van der Waals surface area contributed by atoms with Crippen LogP contribution in [0.5, 0.6) is 0 Å². The van der Waals surface area contributed by atoms with Gasteiger partial charge in [-0.15, -0.1) is 0 Å². The van der Waals surface area contributed by atoms with E-state index >= 15 is 0 Å². The topological polar surface area (TPSA) is 46.5 Å². The lowest BCUT2D eigenvalue weighted by molar-refractivity contribution is -0.187. The highest BCUT2D eigenvalue weighted by Gasteiger charge is 2.27. The maximum absolute atomic E-state index is 10.6. The Labute approximate surface area is 77.0 Å². The number of esters is 1. The highest BCUT2D eigenvalue weighted by Crippen LogP contribution is 2.22. The highest BCUT2D eigenvalue weighted by atomic mass is 16.7. The van der Waals surface area contributed by atoms with E-state index in [0.717, 1.165) is 5.57 Å². The Morgan fingerprint density at radius 1 is 1.85 bits per heavy atom. The predicted molar refractivity (Wildman–Crippen MR) is 48.8 cm³/mol. The maximum atomic E-state index is 10.6. The molecule has 0 radical (unpaired) electrons. The molecule has 1 aliphatic rings. The molecule has 1 aliphatic carbocycles. The maximum Gasteiger partial charge on any atom is 0.305 e. The van der Waals surface area contributed by atoms with Crippen LogP contribution in [-0.2, 0) is 9.53 Å². The molecule has 13 heavy (non-hydrogen) atoms. The molecule has 0 saturated heterocycles. The average molecular weight is 180 g/mol. The summed E-state index contributed by atoms with van der Waals surface area (Å²) in [6.45, 7) is 4.85. The quantitative estimate of drug-likeness (QED) is 0.514. The number of ether oxygens (including phenoxy) is 1. The van der Waals surface area contributed by atoms with Crippen LogP contribution in [0.1, 0.15) is 13.3 Å². The van der Waals surface area contributed by atoms with Gasteiger partial charge < -0.3 is 9.84 Å². The molecule has 0 amide bonds. The van der Waals surface area contributed by atoms with Gasteiger partial charge in [-0.05, 0) is 11.6 Å². The van der Waals surface area contributed by atoms with Crippen molar-refractivity contribution in [3.63, 3.8) is 0 Å². The second-order valence-corrected chi connectivity index (χ2v) is 2.88. The molecule has 0 aromatic carbocycles. The van der Waals surface area contributed by atoms with E-state index < -0.39 is 11.8 Å². The number of hydrogen-bond donors (Lipinski definition) is 1. The summed E-state index contributed by atoms with van der Waals surface area (Å²) in [5, 5.41) is 9.65. The second-order valence-electron chi connectivity index (χ2n) is 2.88. The van der Waals surface area contributed by atoms with Crippen LogP contribution in [0.2, 0.25) is 0 Å². The summed E-state index contributed by atoms with van der Waals surface area (Å²) in [5.74, 6) is -1.97. The van der Waals surface area contributed by atoms with E-state index in [9.17, 15) is 9.90 Å². The Bertz CT molecular complexity index is 289. The van der Waals surface area contributed by atoms with Crippen molar-refractivity contribution < 1.29 is 14.6 Å². The van der Waals surface area contributed by atoms with Crippen molar-refractivity contribution in [3.8, 4) is 0 Å². The summed E-state index contributed by atoms with van der Waals surface area (Å²) >= 11 is 0. The third kappa shape index (κ3) is 2.56. The lowest BCUT2D eigenvalue weighted by Crippen LogP contribution is -2.32. The Hall–Kier alpha value is -1.35. The van der Waals surface area contributed by atoms with Crippen LogP contribution in [0.15, 0.2) is 36.5 Å². The minimum Gasteiger partial charge on any atom is -0.429 e. The van der Waals surface area contributed by atoms with E-state index in [1.807, 2.05) is 0 Å². The second kappa shape index (κ2) is 3.58. The fourth-order valence-electron chi connectivity index (χ4n) is 1.10. The van der Waals surface area contributed by atoms with Crippen LogP contribution >= 0.6 is 0 Å². The molecule has 0 aromatic heterocycles. The summed E-state index contributed by atoms with van der Waals surface area (Å²) in [6.07, 6.45) is 6.81. The van der Waals surface area contributed by atoms with Crippen molar-refractivity contribution in [2.24, 2.45) is 0 Å². The van der Waals surface area contributed by atoms with Gasteiger partial charge in [0.25, 0.3) is 0 Å². The van der Waals surface area contributed by atoms with Crippen molar-refractivity contribution in [2.45, 2.75) is 19.1 Å². The van der Waals surface area contributed by atoms with Gasteiger partial charge in [-0.1, -0.05) is 24.8 Å². The van der Waals surface area contributed by atoms with E-state index in [-0.39, 0.29) is 6.42 Å². The summed E-state index contributed by atoms with van der Waals surface area (Å²) in [4.78, 5) is 10.6. The SMILES string of the molecule is C=CC1=CC[C@@](O)(OC(C)=O)C=C1. The molecule has 3 nitrogen and oxygen atoms in total. The van der Waals surface area contributed by atoms with Crippen LogP contribution in [0.25, 0.3) is 0 Å². The van der Waals surface area contributed by atoms with E-state index in [1.54, 1.807) is 18.2 Å². The van der Waals surface area contributed by atoms with E-state index in [4.69, 9.17) is 4.74 Å². The molecule has 0 fully saturated rings.